The van der Waals surface area contributed by atoms with Gasteiger partial charge in [0.05, 0.1) is 7.11 Å². The highest BCUT2D eigenvalue weighted by molar-refractivity contribution is 5.96. The zero-order valence-corrected chi connectivity index (χ0v) is 14.4. The Morgan fingerprint density at radius 3 is 2.64 bits per heavy atom. The minimum atomic E-state index is -0.640. The van der Waals surface area contributed by atoms with Crippen LogP contribution in [0.2, 0.25) is 0 Å². The molecule has 5 nitrogen and oxygen atoms in total. The molecule has 1 heterocycles. The number of carbonyl (C=O) groups excluding carboxylic acids is 1. The van der Waals surface area contributed by atoms with Crippen molar-refractivity contribution in [3.63, 3.8) is 0 Å². The molecule has 0 saturated heterocycles. The normalized spacial score (nSPS) is 10.7. The van der Waals surface area contributed by atoms with Crippen molar-refractivity contribution in [1.29, 1.82) is 0 Å². The molecule has 0 radical (unpaired) electrons. The van der Waals surface area contributed by atoms with Crippen molar-refractivity contribution >= 4 is 16.9 Å². The summed E-state index contributed by atoms with van der Waals surface area (Å²) in [5, 5.41) is 3.50. The van der Waals surface area contributed by atoms with E-state index in [4.69, 9.17) is 9.15 Å². The average molecular weight is 337 g/mol. The molecule has 128 valence electrons. The maximum absolute atomic E-state index is 12.4. The van der Waals surface area contributed by atoms with Gasteiger partial charge < -0.3 is 14.5 Å². The third-order valence-corrected chi connectivity index (χ3v) is 4.18. The van der Waals surface area contributed by atoms with Crippen molar-refractivity contribution < 1.29 is 13.9 Å². The predicted octanol–water partition coefficient (Wildman–Crippen LogP) is 3.35. The van der Waals surface area contributed by atoms with Crippen molar-refractivity contribution in [1.82, 2.24) is 5.32 Å². The van der Waals surface area contributed by atoms with Gasteiger partial charge in [-0.3, -0.25) is 4.79 Å². The summed E-state index contributed by atoms with van der Waals surface area (Å²) in [5.41, 5.74) is 2.79. The molecule has 0 atom stereocenters. The maximum Gasteiger partial charge on any atom is 0.349 e. The van der Waals surface area contributed by atoms with Crippen molar-refractivity contribution in [2.75, 3.05) is 7.11 Å². The lowest BCUT2D eigenvalue weighted by atomic mass is 10.0. The fourth-order valence-corrected chi connectivity index (χ4v) is 2.75. The number of nitrogens with one attached hydrogen (secondary N) is 1. The van der Waals surface area contributed by atoms with Crippen molar-refractivity contribution in [3.8, 4) is 5.75 Å². The number of amides is 1. The number of aryl methyl sites for hydroxylation is 2. The number of ether oxygens (including phenoxy) is 1. The molecule has 0 unspecified atom stereocenters. The van der Waals surface area contributed by atoms with E-state index >= 15 is 0 Å². The molecule has 25 heavy (non-hydrogen) atoms. The van der Waals surface area contributed by atoms with Crippen molar-refractivity contribution in [2.45, 2.75) is 20.4 Å². The molecule has 5 heteroatoms. The van der Waals surface area contributed by atoms with Crippen LogP contribution >= 0.6 is 0 Å². The van der Waals surface area contributed by atoms with E-state index in [1.165, 1.54) is 0 Å². The van der Waals surface area contributed by atoms with E-state index in [0.717, 1.165) is 22.4 Å². The predicted molar refractivity (Wildman–Crippen MR) is 96.1 cm³/mol. The largest absolute Gasteiger partial charge is 0.496 e. The molecule has 0 bridgehead atoms. The van der Waals surface area contributed by atoms with Crippen LogP contribution < -0.4 is 15.7 Å². The topological polar surface area (TPSA) is 68.5 Å². The van der Waals surface area contributed by atoms with Crippen LogP contribution in [0.5, 0.6) is 5.75 Å². The summed E-state index contributed by atoms with van der Waals surface area (Å²) in [5.74, 6) is 0.357. The summed E-state index contributed by atoms with van der Waals surface area (Å²) in [6, 6.07) is 12.6. The van der Waals surface area contributed by atoms with Gasteiger partial charge in [0, 0.05) is 11.9 Å². The number of fused-ring (bicyclic) bond motifs is 1. The first kappa shape index (κ1) is 16.8. The summed E-state index contributed by atoms with van der Waals surface area (Å²) >= 11 is 0. The van der Waals surface area contributed by atoms with Gasteiger partial charge in [-0.25, -0.2) is 4.79 Å². The van der Waals surface area contributed by atoms with Crippen LogP contribution in [0.3, 0.4) is 0 Å². The summed E-state index contributed by atoms with van der Waals surface area (Å²) in [6.45, 7) is 4.22. The lowest BCUT2D eigenvalue weighted by molar-refractivity contribution is 0.0947. The molecule has 2 aromatic carbocycles. The van der Waals surface area contributed by atoms with Crippen LogP contribution in [0.1, 0.15) is 27.0 Å². The van der Waals surface area contributed by atoms with Gasteiger partial charge in [-0.15, -0.1) is 0 Å². The molecule has 0 saturated carbocycles. The molecular formula is C20H19NO4. The molecular weight excluding hydrogens is 318 g/mol. The SMILES string of the molecule is COc1cc(C)c(CNC(=O)c2cc3ccccc3oc2=O)cc1C. The number of hydrogen-bond acceptors (Lipinski definition) is 4. The first-order chi connectivity index (χ1) is 12.0. The molecule has 3 aromatic rings. The smallest absolute Gasteiger partial charge is 0.349 e. The van der Waals surface area contributed by atoms with Gasteiger partial charge in [0.25, 0.3) is 5.91 Å². The molecule has 0 spiro atoms. The van der Waals surface area contributed by atoms with Gasteiger partial charge in [0.15, 0.2) is 0 Å². The minimum absolute atomic E-state index is 0.00147. The monoisotopic (exact) mass is 337 g/mol. The average Bonchev–Trinajstić information content (AvgIpc) is 2.61. The molecule has 1 amide bonds. The summed E-state index contributed by atoms with van der Waals surface area (Å²) in [6.07, 6.45) is 0. The van der Waals surface area contributed by atoms with Gasteiger partial charge in [0.1, 0.15) is 16.9 Å². The molecule has 0 aliphatic rings. The minimum Gasteiger partial charge on any atom is -0.496 e. The highest BCUT2D eigenvalue weighted by Gasteiger charge is 2.14. The van der Waals surface area contributed by atoms with Gasteiger partial charge in [0.2, 0.25) is 0 Å². The Morgan fingerprint density at radius 2 is 1.88 bits per heavy atom. The fourth-order valence-electron chi connectivity index (χ4n) is 2.75. The van der Waals surface area contributed by atoms with Gasteiger partial charge >= 0.3 is 5.63 Å². The molecule has 0 fully saturated rings. The highest BCUT2D eigenvalue weighted by Crippen LogP contribution is 2.22. The van der Waals surface area contributed by atoms with Crippen LogP contribution in [0.15, 0.2) is 51.7 Å². The molecule has 0 aliphatic carbocycles. The third-order valence-electron chi connectivity index (χ3n) is 4.18. The third kappa shape index (κ3) is 3.40. The zero-order chi connectivity index (χ0) is 18.0. The zero-order valence-electron chi connectivity index (χ0n) is 14.4. The lowest BCUT2D eigenvalue weighted by Gasteiger charge is -2.12. The first-order valence-electron chi connectivity index (χ1n) is 7.95. The summed E-state index contributed by atoms with van der Waals surface area (Å²) in [7, 11) is 1.63. The second kappa shape index (κ2) is 6.81. The summed E-state index contributed by atoms with van der Waals surface area (Å²) in [4.78, 5) is 24.5. The number of carbonyl (C=O) groups is 1. The Kier molecular flexibility index (Phi) is 4.57. The van der Waals surface area contributed by atoms with Crippen LogP contribution in [-0.4, -0.2) is 13.0 Å². The standard InChI is InChI=1S/C20H19NO4/c1-12-9-18(24-3)13(2)8-15(12)11-21-19(22)16-10-14-6-4-5-7-17(14)25-20(16)23/h4-10H,11H2,1-3H3,(H,21,22). The Bertz CT molecular complexity index is 1000. The van der Waals surface area contributed by atoms with E-state index in [9.17, 15) is 9.59 Å². The van der Waals surface area contributed by atoms with Gasteiger partial charge in [-0.05, 0) is 48.7 Å². The first-order valence-corrected chi connectivity index (χ1v) is 7.95. The Hall–Kier alpha value is -3.08. The Labute approximate surface area is 145 Å². The molecule has 3 rings (SSSR count). The van der Waals surface area contributed by atoms with E-state index in [1.54, 1.807) is 31.4 Å². The number of para-hydroxylation sites is 1. The van der Waals surface area contributed by atoms with E-state index < -0.39 is 11.5 Å². The van der Waals surface area contributed by atoms with E-state index in [2.05, 4.69) is 5.32 Å². The number of benzene rings is 2. The van der Waals surface area contributed by atoms with Crippen LogP contribution in [0.25, 0.3) is 11.0 Å². The summed E-state index contributed by atoms with van der Waals surface area (Å²) < 4.78 is 10.5. The van der Waals surface area contributed by atoms with Crippen molar-refractivity contribution in [2.24, 2.45) is 0 Å². The van der Waals surface area contributed by atoms with Crippen molar-refractivity contribution in [3.05, 3.63) is 75.1 Å². The molecule has 1 N–H and O–H groups in total. The van der Waals surface area contributed by atoms with E-state index in [1.807, 2.05) is 32.0 Å². The van der Waals surface area contributed by atoms with Gasteiger partial charge in [-0.1, -0.05) is 24.3 Å². The second-order valence-electron chi connectivity index (χ2n) is 5.92. The Balaban J connectivity index is 1.83. The number of rotatable bonds is 4. The fraction of sp³-hybridized carbons (Fsp3) is 0.200. The maximum atomic E-state index is 12.4. The number of methoxy groups -OCH3 is 1. The van der Waals surface area contributed by atoms with Gasteiger partial charge in [-0.2, -0.15) is 0 Å². The molecule has 1 aromatic heterocycles. The molecule has 0 aliphatic heterocycles. The Morgan fingerprint density at radius 1 is 1.12 bits per heavy atom. The second-order valence-corrected chi connectivity index (χ2v) is 5.92. The van der Waals surface area contributed by atoms with Crippen LogP contribution in [-0.2, 0) is 6.54 Å². The van der Waals surface area contributed by atoms with Crippen LogP contribution in [0, 0.1) is 13.8 Å². The number of hydrogen-bond donors (Lipinski definition) is 1. The van der Waals surface area contributed by atoms with E-state index in [0.29, 0.717) is 17.5 Å². The quantitative estimate of drug-likeness (QED) is 0.741. The lowest BCUT2D eigenvalue weighted by Crippen LogP contribution is -2.28. The highest BCUT2D eigenvalue weighted by atomic mass is 16.5. The van der Waals surface area contributed by atoms with Crippen LogP contribution in [0.4, 0.5) is 0 Å². The van der Waals surface area contributed by atoms with E-state index in [-0.39, 0.29) is 5.56 Å².